The van der Waals surface area contributed by atoms with Gasteiger partial charge in [-0.05, 0) is 6.92 Å². The molecule has 2 rings (SSSR count). The smallest absolute Gasteiger partial charge is 0.324 e. The lowest BCUT2D eigenvalue weighted by Crippen LogP contribution is -2.54. The second-order valence-corrected chi connectivity index (χ2v) is 4.02. The van der Waals surface area contributed by atoms with Gasteiger partial charge >= 0.3 is 5.97 Å². The Labute approximate surface area is 100 Å². The summed E-state index contributed by atoms with van der Waals surface area (Å²) >= 11 is 0. The maximum Gasteiger partial charge on any atom is 0.324 e. The molecule has 94 valence electrons. The summed E-state index contributed by atoms with van der Waals surface area (Å²) in [6, 6.07) is -0.202. The Morgan fingerprint density at radius 2 is 2.59 bits per heavy atom. The van der Waals surface area contributed by atoms with Gasteiger partial charge in [-0.3, -0.25) is 9.69 Å². The van der Waals surface area contributed by atoms with E-state index in [0.717, 1.165) is 18.8 Å². The van der Waals surface area contributed by atoms with Crippen molar-refractivity contribution in [1.82, 2.24) is 20.2 Å². The molecule has 0 bridgehead atoms. The summed E-state index contributed by atoms with van der Waals surface area (Å²) in [6.45, 7) is 5.32. The fourth-order valence-corrected chi connectivity index (χ4v) is 2.00. The number of aromatic amines is 1. The minimum Gasteiger partial charge on any atom is -0.465 e. The van der Waals surface area contributed by atoms with E-state index in [4.69, 9.17) is 4.74 Å². The number of carbonyl (C=O) groups excluding carboxylic acids is 1. The number of carbonyl (C=O) groups is 1. The molecule has 2 N–H and O–H groups in total. The van der Waals surface area contributed by atoms with Crippen LogP contribution in [0.5, 0.6) is 0 Å². The van der Waals surface area contributed by atoms with Gasteiger partial charge in [0.15, 0.2) is 0 Å². The highest BCUT2D eigenvalue weighted by atomic mass is 16.5. The molecule has 1 saturated heterocycles. The average molecular weight is 238 g/mol. The lowest BCUT2D eigenvalue weighted by molar-refractivity contribution is -0.150. The van der Waals surface area contributed by atoms with Crippen LogP contribution in [0.4, 0.5) is 0 Å². The van der Waals surface area contributed by atoms with E-state index in [0.29, 0.717) is 19.7 Å². The third-order valence-corrected chi connectivity index (χ3v) is 2.84. The van der Waals surface area contributed by atoms with Crippen molar-refractivity contribution in [2.45, 2.75) is 19.5 Å². The highest BCUT2D eigenvalue weighted by Crippen LogP contribution is 2.09. The van der Waals surface area contributed by atoms with Crippen LogP contribution < -0.4 is 5.32 Å². The SMILES string of the molecule is CCOC(=O)C1CNCCN1Cc1cnc[nH]1. The number of aromatic nitrogens is 2. The second-order valence-electron chi connectivity index (χ2n) is 4.02. The molecule has 1 unspecified atom stereocenters. The van der Waals surface area contributed by atoms with E-state index >= 15 is 0 Å². The molecule has 0 aliphatic carbocycles. The number of hydrogen-bond donors (Lipinski definition) is 2. The van der Waals surface area contributed by atoms with Crippen molar-refractivity contribution in [2.75, 3.05) is 26.2 Å². The van der Waals surface area contributed by atoms with Gasteiger partial charge in [0.2, 0.25) is 0 Å². The summed E-state index contributed by atoms with van der Waals surface area (Å²) in [6.07, 6.45) is 3.43. The van der Waals surface area contributed by atoms with Gasteiger partial charge in [0.05, 0.1) is 12.9 Å². The molecular weight excluding hydrogens is 220 g/mol. The fraction of sp³-hybridized carbons (Fsp3) is 0.636. The van der Waals surface area contributed by atoms with Gasteiger partial charge < -0.3 is 15.0 Å². The first-order valence-electron chi connectivity index (χ1n) is 5.90. The first-order chi connectivity index (χ1) is 8.31. The third kappa shape index (κ3) is 3.04. The molecule has 0 radical (unpaired) electrons. The van der Waals surface area contributed by atoms with E-state index in [-0.39, 0.29) is 12.0 Å². The second kappa shape index (κ2) is 5.79. The van der Waals surface area contributed by atoms with E-state index < -0.39 is 0 Å². The van der Waals surface area contributed by atoms with E-state index in [1.165, 1.54) is 0 Å². The molecule has 1 aliphatic heterocycles. The number of nitrogens with one attached hydrogen (secondary N) is 2. The molecule has 1 fully saturated rings. The Bertz CT molecular complexity index is 352. The van der Waals surface area contributed by atoms with Gasteiger partial charge in [-0.15, -0.1) is 0 Å². The van der Waals surface area contributed by atoms with Gasteiger partial charge in [0.1, 0.15) is 6.04 Å². The number of imidazole rings is 1. The van der Waals surface area contributed by atoms with Gasteiger partial charge in [-0.1, -0.05) is 0 Å². The zero-order valence-corrected chi connectivity index (χ0v) is 9.98. The number of rotatable bonds is 4. The number of ether oxygens (including phenoxy) is 1. The molecule has 6 nitrogen and oxygen atoms in total. The lowest BCUT2D eigenvalue weighted by Gasteiger charge is -2.33. The van der Waals surface area contributed by atoms with Crippen LogP contribution in [0.3, 0.4) is 0 Å². The summed E-state index contributed by atoms with van der Waals surface area (Å²) < 4.78 is 5.08. The van der Waals surface area contributed by atoms with Crippen LogP contribution in [0.2, 0.25) is 0 Å². The zero-order valence-electron chi connectivity index (χ0n) is 9.98. The molecule has 6 heteroatoms. The minimum absolute atomic E-state index is 0.154. The van der Waals surface area contributed by atoms with Gasteiger partial charge in [-0.2, -0.15) is 0 Å². The first-order valence-corrected chi connectivity index (χ1v) is 5.90. The minimum atomic E-state index is -0.202. The van der Waals surface area contributed by atoms with Crippen molar-refractivity contribution < 1.29 is 9.53 Å². The predicted octanol–water partition coefficient (Wildman–Crippen LogP) is -0.253. The molecule has 1 aliphatic rings. The Hall–Kier alpha value is -1.40. The largest absolute Gasteiger partial charge is 0.465 e. The Morgan fingerprint density at radius 1 is 1.71 bits per heavy atom. The van der Waals surface area contributed by atoms with Crippen LogP contribution in [0, 0.1) is 0 Å². The van der Waals surface area contributed by atoms with E-state index in [1.807, 2.05) is 6.92 Å². The summed E-state index contributed by atoms with van der Waals surface area (Å²) in [7, 11) is 0. The molecule has 0 aromatic carbocycles. The lowest BCUT2D eigenvalue weighted by atomic mass is 10.2. The number of H-pyrrole nitrogens is 1. The molecule has 17 heavy (non-hydrogen) atoms. The molecule has 1 aromatic heterocycles. The first kappa shape index (κ1) is 12.1. The number of esters is 1. The van der Waals surface area contributed by atoms with Gasteiger partial charge in [0.25, 0.3) is 0 Å². The summed E-state index contributed by atoms with van der Waals surface area (Å²) in [4.78, 5) is 21.0. The Kier molecular flexibility index (Phi) is 4.11. The predicted molar refractivity (Wildman–Crippen MR) is 62.3 cm³/mol. The van der Waals surface area contributed by atoms with Crippen molar-refractivity contribution in [2.24, 2.45) is 0 Å². The van der Waals surface area contributed by atoms with Crippen LogP contribution in [0.25, 0.3) is 0 Å². The number of hydrogen-bond acceptors (Lipinski definition) is 5. The third-order valence-electron chi connectivity index (χ3n) is 2.84. The summed E-state index contributed by atoms with van der Waals surface area (Å²) in [5, 5.41) is 3.22. The van der Waals surface area contributed by atoms with Crippen molar-refractivity contribution in [1.29, 1.82) is 0 Å². The fourth-order valence-electron chi connectivity index (χ4n) is 2.00. The van der Waals surface area contributed by atoms with Crippen LogP contribution >= 0.6 is 0 Å². The van der Waals surface area contributed by atoms with Gasteiger partial charge in [0, 0.05) is 38.1 Å². The quantitative estimate of drug-likeness (QED) is 0.708. The highest BCUT2D eigenvalue weighted by molar-refractivity contribution is 5.76. The van der Waals surface area contributed by atoms with Gasteiger partial charge in [-0.25, -0.2) is 4.98 Å². The van der Waals surface area contributed by atoms with Crippen LogP contribution in [0.15, 0.2) is 12.5 Å². The summed E-state index contributed by atoms with van der Waals surface area (Å²) in [5.41, 5.74) is 1.01. The molecule has 2 heterocycles. The van der Waals surface area contributed by atoms with Crippen molar-refractivity contribution in [3.63, 3.8) is 0 Å². The zero-order chi connectivity index (χ0) is 12.1. The van der Waals surface area contributed by atoms with Crippen molar-refractivity contribution >= 4 is 5.97 Å². The van der Waals surface area contributed by atoms with Crippen LogP contribution in [-0.4, -0.2) is 53.1 Å². The molecule has 1 aromatic rings. The van der Waals surface area contributed by atoms with E-state index in [9.17, 15) is 4.79 Å². The topological polar surface area (TPSA) is 70.2 Å². The molecule has 0 amide bonds. The maximum absolute atomic E-state index is 11.8. The Balaban J connectivity index is 1.99. The standard InChI is InChI=1S/C11H18N4O2/c1-2-17-11(16)10-6-12-3-4-15(10)7-9-5-13-8-14-9/h5,8,10,12H,2-4,6-7H2,1H3,(H,13,14). The van der Waals surface area contributed by atoms with E-state index in [2.05, 4.69) is 20.2 Å². The van der Waals surface area contributed by atoms with Crippen molar-refractivity contribution in [3.05, 3.63) is 18.2 Å². The highest BCUT2D eigenvalue weighted by Gasteiger charge is 2.29. The number of piperazine rings is 1. The van der Waals surface area contributed by atoms with Crippen LogP contribution in [0.1, 0.15) is 12.6 Å². The molecule has 1 atom stereocenters. The normalized spacial score (nSPS) is 21.4. The Morgan fingerprint density at radius 3 is 3.29 bits per heavy atom. The maximum atomic E-state index is 11.8. The molecule has 0 saturated carbocycles. The summed E-state index contributed by atoms with van der Waals surface area (Å²) in [5.74, 6) is -0.154. The molecule has 0 spiro atoms. The van der Waals surface area contributed by atoms with Crippen LogP contribution in [-0.2, 0) is 16.1 Å². The number of nitrogens with zero attached hydrogens (tertiary/aromatic N) is 2. The average Bonchev–Trinajstić information content (AvgIpc) is 2.83. The monoisotopic (exact) mass is 238 g/mol. The molecular formula is C11H18N4O2. The van der Waals surface area contributed by atoms with Crippen molar-refractivity contribution in [3.8, 4) is 0 Å². The van der Waals surface area contributed by atoms with E-state index in [1.54, 1.807) is 12.5 Å².